The molecule has 2 saturated carbocycles. The fourth-order valence-electron chi connectivity index (χ4n) is 21.4. The molecule has 18 aliphatic rings. The second kappa shape index (κ2) is 52.8. The number of likely N-dealkylation sites (N-methyl/N-ethyl adjacent to an activating group) is 2. The third-order valence-electron chi connectivity index (χ3n) is 29.3. The van der Waals surface area contributed by atoms with Gasteiger partial charge < -0.3 is 62.2 Å². The second-order valence-electron chi connectivity index (χ2n) is 40.2. The molecule has 7 fully saturated rings. The van der Waals surface area contributed by atoms with Crippen molar-refractivity contribution < 1.29 is 57.4 Å². The second-order valence-corrected chi connectivity index (χ2v) is 42.0. The van der Waals surface area contributed by atoms with Gasteiger partial charge in [-0.15, -0.1) is 11.3 Å². The van der Waals surface area contributed by atoms with E-state index in [0.29, 0.717) is 87.5 Å². The first-order valence-electron chi connectivity index (χ1n) is 51.8. The molecule has 10 amide bonds. The molecular formula is C106H150N24O12S2. The fourth-order valence-corrected chi connectivity index (χ4v) is 22.6. The van der Waals surface area contributed by atoms with Crippen LogP contribution in [0.2, 0.25) is 0 Å². The van der Waals surface area contributed by atoms with Crippen molar-refractivity contribution >= 4 is 141 Å². The summed E-state index contributed by atoms with van der Waals surface area (Å²) in [6.45, 7) is 26.8. The minimum absolute atomic E-state index is 0.00565. The van der Waals surface area contributed by atoms with Gasteiger partial charge in [-0.05, 0) is 212 Å². The Morgan fingerprint density at radius 3 is 2.02 bits per heavy atom. The molecule has 9 N–H and O–H groups in total. The van der Waals surface area contributed by atoms with Gasteiger partial charge in [0.25, 0.3) is 0 Å². The van der Waals surface area contributed by atoms with Crippen molar-refractivity contribution in [3.05, 3.63) is 124 Å². The Labute approximate surface area is 855 Å². The molecule has 778 valence electrons. The summed E-state index contributed by atoms with van der Waals surface area (Å²) in [7, 11) is 7.72. The molecule has 0 spiro atoms. The number of piperidine rings is 2. The summed E-state index contributed by atoms with van der Waals surface area (Å²) in [5.74, 6) is 11.3. The third-order valence-corrected chi connectivity index (χ3v) is 30.7. The van der Waals surface area contributed by atoms with E-state index in [1.165, 1.54) is 36.8 Å². The van der Waals surface area contributed by atoms with E-state index >= 15 is 0 Å². The van der Waals surface area contributed by atoms with Gasteiger partial charge in [0.2, 0.25) is 59.1 Å². The Hall–Kier alpha value is -11.2. The zero-order valence-corrected chi connectivity index (χ0v) is 88.1. The molecule has 4 aromatic rings. The summed E-state index contributed by atoms with van der Waals surface area (Å²) < 4.78 is 11.1. The van der Waals surface area contributed by atoms with Crippen molar-refractivity contribution in [1.29, 1.82) is 0 Å². The maximum Gasteiger partial charge on any atom is 0.244 e. The number of hydrogen-bond donors (Lipinski definition) is 9. The maximum absolute atomic E-state index is 12.3. The first-order valence-corrected chi connectivity index (χ1v) is 54.1. The smallest absolute Gasteiger partial charge is 0.244 e. The molecule has 38 heteroatoms. The molecule has 2 aromatic heterocycles. The van der Waals surface area contributed by atoms with Gasteiger partial charge in [0.1, 0.15) is 58.6 Å². The number of aromatic nitrogens is 1. The third kappa shape index (κ3) is 29.0. The number of rotatable bonds is 12. The number of nitrogens with zero attached hydrogens (tertiary/aromatic N) is 15. The van der Waals surface area contributed by atoms with Gasteiger partial charge in [-0.3, -0.25) is 118 Å². The van der Waals surface area contributed by atoms with Gasteiger partial charge in [0.05, 0.1) is 138 Å². The lowest BCUT2D eigenvalue weighted by molar-refractivity contribution is -0.136. The maximum atomic E-state index is 12.3. The van der Waals surface area contributed by atoms with E-state index in [0.717, 1.165) is 179 Å². The molecule has 5 saturated heterocycles. The number of benzene rings is 2. The molecule has 2 aromatic carbocycles. The lowest BCUT2D eigenvalue weighted by atomic mass is 9.73. The summed E-state index contributed by atoms with van der Waals surface area (Å²) in [5, 5.41) is 27.9. The van der Waals surface area contributed by atoms with Crippen molar-refractivity contribution in [2.24, 2.45) is 91.3 Å². The number of amides is 10. The quantitative estimate of drug-likeness (QED) is 0.0637. The average molecular weight is 2020 g/mol. The number of ether oxygens (including phenoxy) is 2. The highest BCUT2D eigenvalue weighted by Crippen LogP contribution is 2.44. The number of likely N-dealkylation sites (tertiary alicyclic amines) is 1. The normalized spacial score (nSPS) is 29.5. The van der Waals surface area contributed by atoms with E-state index < -0.39 is 0 Å². The van der Waals surface area contributed by atoms with Crippen LogP contribution in [-0.4, -0.2) is 301 Å². The topological polar surface area (TPSA) is 447 Å². The van der Waals surface area contributed by atoms with E-state index in [-0.39, 0.29) is 155 Å². The van der Waals surface area contributed by atoms with Crippen LogP contribution in [0.15, 0.2) is 147 Å². The monoisotopic (exact) mass is 2020 g/mol. The van der Waals surface area contributed by atoms with Crippen LogP contribution in [0.5, 0.6) is 0 Å². The Bertz CT molecular complexity index is 5480. The first-order chi connectivity index (χ1) is 69.3. The van der Waals surface area contributed by atoms with Crippen LogP contribution in [0.4, 0.5) is 0 Å². The van der Waals surface area contributed by atoms with Gasteiger partial charge in [-0.1, -0.05) is 114 Å². The molecular weight excluding hydrogens is 1870 g/mol. The van der Waals surface area contributed by atoms with E-state index in [4.69, 9.17) is 14.5 Å². The van der Waals surface area contributed by atoms with Crippen LogP contribution in [0, 0.1) is 41.4 Å². The molecule has 3 aliphatic carbocycles. The number of carbonyl (C=O) groups is 10. The lowest BCUT2D eigenvalue weighted by Gasteiger charge is -2.40. The molecule has 17 heterocycles. The molecule has 0 radical (unpaired) electrons. The number of carbonyl (C=O) groups excluding carboxylic acids is 10. The Balaban J connectivity index is 0.000000134. The summed E-state index contributed by atoms with van der Waals surface area (Å²) in [5.41, 5.74) is 4.31. The number of pyridine rings is 1. The van der Waals surface area contributed by atoms with E-state index in [2.05, 4.69) is 150 Å². The number of fused-ring (bicyclic) bond motifs is 11. The van der Waals surface area contributed by atoms with Crippen molar-refractivity contribution in [3.8, 4) is 0 Å². The molecule has 144 heavy (non-hydrogen) atoms. The lowest BCUT2D eigenvalue weighted by Crippen LogP contribution is -2.52. The van der Waals surface area contributed by atoms with Crippen LogP contribution in [0.3, 0.4) is 0 Å². The highest BCUT2D eigenvalue weighted by molar-refractivity contribution is 7.99. The number of amidine groups is 10. The highest BCUT2D eigenvalue weighted by Gasteiger charge is 2.55. The van der Waals surface area contributed by atoms with Crippen LogP contribution in [-0.2, 0) is 63.8 Å². The van der Waals surface area contributed by atoms with E-state index in [1.807, 2.05) is 144 Å². The zero-order chi connectivity index (χ0) is 103. The minimum Gasteiger partial charge on any atom is -0.379 e. The Morgan fingerprint density at radius 1 is 0.597 bits per heavy atom. The SMILES string of the molecule is CC(C)C1=N[C@H]2CCC[C@H]2C(=O)N1.CC1=NCC(c2ccccc2)C(=O)N1.CC1=N[C@@]2(C)CCCC[C@H]2C(=O)N1.CC1=N[C@H]2c3ccccc3C[C@H]2C(=O)N1.CCC1=NC(C2CCNCC2)CC(=O)N1C.CCC1=N[C@@H]2[C@H](C(=O)N1)[C@@H]1CC[C@H]2O1.CCN1C(=O)[C@@H]2CCOC[C@@H]2N=C1CSC.CN(C)[C@@H]1CN=C(c2cccs2)NC1=O.C[C@@H]1CC(=O)NC(C2CCCCN2C)=N1.O=C1CCN=C(c2ccncc2)N1. The van der Waals surface area contributed by atoms with E-state index in [9.17, 15) is 47.9 Å². The zero-order valence-electron chi connectivity index (χ0n) is 86.5. The minimum atomic E-state index is -0.145. The van der Waals surface area contributed by atoms with Gasteiger partial charge in [0.15, 0.2) is 0 Å². The Morgan fingerprint density at radius 2 is 1.33 bits per heavy atom. The number of hydrogen-bond acceptors (Lipinski definition) is 28. The van der Waals surface area contributed by atoms with Crippen LogP contribution < -0.4 is 47.9 Å². The fraction of sp³-hybridized carbons (Fsp3) is 0.613. The molecule has 2 bridgehead atoms. The number of thioether (sulfide) groups is 1. The van der Waals surface area contributed by atoms with Gasteiger partial charge in [-0.25, -0.2) is 0 Å². The van der Waals surface area contributed by atoms with Crippen molar-refractivity contribution in [1.82, 2.24) is 72.4 Å². The van der Waals surface area contributed by atoms with Crippen LogP contribution >= 0.6 is 23.1 Å². The van der Waals surface area contributed by atoms with Crippen molar-refractivity contribution in [2.45, 2.75) is 276 Å². The van der Waals surface area contributed by atoms with Gasteiger partial charge >= 0.3 is 0 Å². The predicted molar refractivity (Wildman–Crippen MR) is 567 cm³/mol. The first kappa shape index (κ1) is 110. The number of thiophene rings is 1. The molecule has 22 rings (SSSR count). The Kier molecular flexibility index (Phi) is 40.3. The number of aliphatic imine (C=N–C) groups is 10. The predicted octanol–water partition coefficient (Wildman–Crippen LogP) is 9.78. The summed E-state index contributed by atoms with van der Waals surface area (Å²) in [6.07, 6.45) is 26.3. The average Bonchev–Trinajstić information content (AvgIpc) is 1.52. The summed E-state index contributed by atoms with van der Waals surface area (Å²) >= 11 is 3.29. The van der Waals surface area contributed by atoms with Crippen molar-refractivity contribution in [3.63, 3.8) is 0 Å². The van der Waals surface area contributed by atoms with Crippen molar-refractivity contribution in [2.75, 3.05) is 99.2 Å². The van der Waals surface area contributed by atoms with Crippen LogP contribution in [0.25, 0.3) is 0 Å². The summed E-state index contributed by atoms with van der Waals surface area (Å²) in [4.78, 5) is 174. The summed E-state index contributed by atoms with van der Waals surface area (Å²) in [6, 6.07) is 26.6. The highest BCUT2D eigenvalue weighted by atomic mass is 32.2. The largest absolute Gasteiger partial charge is 0.379 e. The van der Waals surface area contributed by atoms with Crippen LogP contribution in [0.1, 0.15) is 237 Å². The van der Waals surface area contributed by atoms with E-state index in [1.54, 1.807) is 47.3 Å². The number of nitrogens with one attached hydrogen (secondary N) is 9. The molecule has 17 atom stereocenters. The van der Waals surface area contributed by atoms with Gasteiger partial charge in [0, 0.05) is 76.2 Å². The molecule has 36 nitrogen and oxygen atoms in total. The molecule has 3 unspecified atom stereocenters. The van der Waals surface area contributed by atoms with Gasteiger partial charge in [-0.2, -0.15) is 11.8 Å². The molecule has 15 aliphatic heterocycles. The standard InChI is InChI=1S/C12H21N3O.C12H12N2O.C11H19N3O.C11H18N2O2S.C11H12N2O.C10H13N3OS.C10H14N2O2.2C10H16N2O.C9H9N3O/c1-3-11-14-10(8-12(16)15(11)2)9-4-6-13-7-5-9;1-7-13-11-9-5-3-2-4-8(9)6-10(11)12(15)14-7;1-8-7-10(15)13-11(12-8)9-5-3-4-6-14(9)2;1-3-13-10(7-16-2)12-9-6-15-5-4-8(9)11(13)14;1-8-12-7-10(11(14)13-8)9-5-3-2-4-6-9;1-13(2)7-6-11-9(12-10(7)14)8-4-3-5-15-8;1-2-7-11-9-6-4-3-5(14-6)8(9)10(13)12-7;1-7-11-9(13)8-5-3-4-6-10(8,2)12-7;1-6(2)9-11-8-5-3-4-7(8)10(13)12-9;13-8-3-6-11-9(12-8)7-1-4-10-5-2-7/h9-10,13H,3-8H2,1-2H3;2-5,10-11H,6H2,1H3,(H,13,14,15);8-9H,3-7H2,1-2H3,(H,12,13,15);8-9H,3-7H2,1-2H3;2-6,10H,7H2,1H3,(H,12,13,14);3-5,7H,6H2,1-2H3,(H,11,12,14);5-6,8-9H,2-4H2,1H3,(H,11,12,13);8H,3-6H2,1-2H3,(H,11,12,13);6-8H,3-5H2,1-2H3,(H,11,12,13);1-2,4-5H,3,6H2,(H,11,12,13)/t;10-,11+;8-,9?;8-,9+;;7-;5-,6+,8+,9-;8-,10-;7-,8+;/m.111.1001./s1.